The lowest BCUT2D eigenvalue weighted by Crippen LogP contribution is -2.35. The van der Waals surface area contributed by atoms with Crippen LogP contribution in [-0.4, -0.2) is 34.9 Å². The molecule has 0 fully saturated rings. The predicted molar refractivity (Wildman–Crippen MR) is 99.9 cm³/mol. The number of hydrogen-bond acceptors (Lipinski definition) is 3. The van der Waals surface area contributed by atoms with Crippen molar-refractivity contribution in [1.29, 1.82) is 0 Å². The number of hydrogen-bond donors (Lipinski definition) is 1. The third-order valence-corrected chi connectivity index (χ3v) is 4.00. The van der Waals surface area contributed by atoms with Gasteiger partial charge in [0.05, 0.1) is 18.0 Å². The maximum atomic E-state index is 11.9. The quantitative estimate of drug-likeness (QED) is 0.533. The fourth-order valence-electron chi connectivity index (χ4n) is 2.49. The lowest BCUT2D eigenvalue weighted by atomic mass is 10.1. The molecule has 5 nitrogen and oxygen atoms in total. The van der Waals surface area contributed by atoms with Gasteiger partial charge >= 0.3 is 0 Å². The van der Waals surface area contributed by atoms with Crippen LogP contribution in [0.4, 0.5) is 0 Å². The van der Waals surface area contributed by atoms with Gasteiger partial charge in [-0.15, -0.1) is 6.58 Å². The molecule has 0 bridgehead atoms. The summed E-state index contributed by atoms with van der Waals surface area (Å²) in [5, 5.41) is 7.49. The van der Waals surface area contributed by atoms with Gasteiger partial charge in [-0.3, -0.25) is 4.79 Å². The van der Waals surface area contributed by atoms with E-state index < -0.39 is 6.10 Å². The third kappa shape index (κ3) is 5.87. The normalized spacial score (nSPS) is 11.9. The highest BCUT2D eigenvalue weighted by Crippen LogP contribution is 2.13. The molecule has 0 aliphatic rings. The summed E-state index contributed by atoms with van der Waals surface area (Å²) in [6.45, 7) is 8.57. The van der Waals surface area contributed by atoms with Crippen molar-refractivity contribution in [2.45, 2.75) is 39.2 Å². The van der Waals surface area contributed by atoms with Crippen LogP contribution in [0.25, 0.3) is 5.69 Å². The summed E-state index contributed by atoms with van der Waals surface area (Å²) in [4.78, 5) is 11.9. The molecule has 1 amide bonds. The number of aryl methyl sites for hydroxylation is 2. The van der Waals surface area contributed by atoms with E-state index in [0.717, 1.165) is 30.6 Å². The number of ether oxygens (including phenoxy) is 1. The van der Waals surface area contributed by atoms with E-state index in [9.17, 15) is 4.79 Å². The Bertz CT molecular complexity index is 680. The average molecular weight is 341 g/mol. The van der Waals surface area contributed by atoms with Gasteiger partial charge in [0, 0.05) is 12.7 Å². The number of amides is 1. The lowest BCUT2D eigenvalue weighted by molar-refractivity contribution is -0.131. The molecule has 1 N–H and O–H groups in total. The number of carbonyl (C=O) groups is 1. The van der Waals surface area contributed by atoms with Gasteiger partial charge in [-0.05, 0) is 50.8 Å². The Hall–Kier alpha value is -2.40. The molecule has 1 aromatic carbocycles. The van der Waals surface area contributed by atoms with Crippen molar-refractivity contribution in [3.63, 3.8) is 0 Å². The van der Waals surface area contributed by atoms with Gasteiger partial charge in [0.25, 0.3) is 0 Å². The first-order valence-electron chi connectivity index (χ1n) is 8.72. The first-order valence-corrected chi connectivity index (χ1v) is 8.72. The van der Waals surface area contributed by atoms with Gasteiger partial charge in [0.15, 0.2) is 0 Å². The van der Waals surface area contributed by atoms with Crippen LogP contribution >= 0.6 is 0 Å². The molecule has 0 aliphatic carbocycles. The van der Waals surface area contributed by atoms with Gasteiger partial charge in [0.2, 0.25) is 5.91 Å². The highest BCUT2D eigenvalue weighted by atomic mass is 16.5. The minimum Gasteiger partial charge on any atom is -0.368 e. The van der Waals surface area contributed by atoms with E-state index in [0.29, 0.717) is 13.2 Å². The predicted octanol–water partition coefficient (Wildman–Crippen LogP) is 3.21. The maximum absolute atomic E-state index is 11.9. The van der Waals surface area contributed by atoms with Crippen molar-refractivity contribution in [2.75, 3.05) is 13.2 Å². The number of rotatable bonds is 10. The zero-order valence-corrected chi connectivity index (χ0v) is 15.1. The van der Waals surface area contributed by atoms with Crippen LogP contribution in [0.5, 0.6) is 0 Å². The van der Waals surface area contributed by atoms with E-state index in [4.69, 9.17) is 4.74 Å². The molecule has 5 heteroatoms. The molecule has 1 atom stereocenters. The standard InChI is InChI=1S/C20H27N3O2/c1-4-5-14-25-17(3)20(24)21-13-9-10-18-15-23(22-16(18)2)19-11-7-6-8-12-19/h4,6-8,11-12,15,17H,1,5,9-10,13-14H2,2-3H3,(H,21,24). The Morgan fingerprint density at radius 3 is 2.88 bits per heavy atom. The van der Waals surface area contributed by atoms with Crippen molar-refractivity contribution in [3.05, 3.63) is 60.4 Å². The second-order valence-electron chi connectivity index (χ2n) is 6.00. The monoisotopic (exact) mass is 341 g/mol. The highest BCUT2D eigenvalue weighted by Gasteiger charge is 2.12. The topological polar surface area (TPSA) is 56.1 Å². The Kier molecular flexibility index (Phi) is 7.41. The largest absolute Gasteiger partial charge is 0.368 e. The van der Waals surface area contributed by atoms with Crippen LogP contribution in [-0.2, 0) is 16.0 Å². The molecule has 0 saturated carbocycles. The minimum atomic E-state index is -0.428. The number of benzene rings is 1. The molecule has 25 heavy (non-hydrogen) atoms. The van der Waals surface area contributed by atoms with Crippen LogP contribution in [0.3, 0.4) is 0 Å². The smallest absolute Gasteiger partial charge is 0.248 e. The first kappa shape index (κ1) is 18.9. The Morgan fingerprint density at radius 1 is 1.40 bits per heavy atom. The van der Waals surface area contributed by atoms with Crippen LogP contribution in [0.2, 0.25) is 0 Å². The number of carbonyl (C=O) groups excluding carboxylic acids is 1. The van der Waals surface area contributed by atoms with Crippen molar-refractivity contribution in [2.24, 2.45) is 0 Å². The summed E-state index contributed by atoms with van der Waals surface area (Å²) in [6.07, 6.45) is 5.91. The fraction of sp³-hybridized carbons (Fsp3) is 0.400. The van der Waals surface area contributed by atoms with Gasteiger partial charge in [-0.1, -0.05) is 24.3 Å². The van der Waals surface area contributed by atoms with Crippen LogP contribution in [0, 0.1) is 6.92 Å². The molecule has 2 rings (SSSR count). The third-order valence-electron chi connectivity index (χ3n) is 4.00. The van der Waals surface area contributed by atoms with E-state index >= 15 is 0 Å². The molecule has 0 radical (unpaired) electrons. The molecule has 0 spiro atoms. The summed E-state index contributed by atoms with van der Waals surface area (Å²) in [5.74, 6) is -0.0687. The SMILES string of the molecule is C=CCCOC(C)C(=O)NCCCc1cn(-c2ccccc2)nc1C. The molecule has 1 aromatic heterocycles. The second kappa shape index (κ2) is 9.79. The summed E-state index contributed by atoms with van der Waals surface area (Å²) in [7, 11) is 0. The van der Waals surface area contributed by atoms with Crippen LogP contribution in [0.15, 0.2) is 49.2 Å². The summed E-state index contributed by atoms with van der Waals surface area (Å²) in [6, 6.07) is 10.1. The minimum absolute atomic E-state index is 0.0687. The molecule has 134 valence electrons. The zero-order chi connectivity index (χ0) is 18.1. The molecule has 1 unspecified atom stereocenters. The van der Waals surface area contributed by atoms with Gasteiger partial charge in [0.1, 0.15) is 6.10 Å². The molecule has 2 aromatic rings. The lowest BCUT2D eigenvalue weighted by Gasteiger charge is -2.12. The number of nitrogens with one attached hydrogen (secondary N) is 1. The Balaban J connectivity index is 1.76. The number of para-hydroxylation sites is 1. The van der Waals surface area contributed by atoms with Gasteiger partial charge in [-0.25, -0.2) is 4.68 Å². The van der Waals surface area contributed by atoms with Crippen molar-refractivity contribution in [3.8, 4) is 5.69 Å². The zero-order valence-electron chi connectivity index (χ0n) is 15.1. The number of nitrogens with zero attached hydrogens (tertiary/aromatic N) is 2. The number of aromatic nitrogens is 2. The van der Waals surface area contributed by atoms with E-state index in [1.165, 1.54) is 5.56 Å². The highest BCUT2D eigenvalue weighted by molar-refractivity contribution is 5.80. The van der Waals surface area contributed by atoms with Crippen molar-refractivity contribution >= 4 is 5.91 Å². The van der Waals surface area contributed by atoms with Crippen molar-refractivity contribution < 1.29 is 9.53 Å². The molecule has 0 saturated heterocycles. The van der Waals surface area contributed by atoms with E-state index in [-0.39, 0.29) is 5.91 Å². The first-order chi connectivity index (χ1) is 12.1. The van der Waals surface area contributed by atoms with E-state index in [1.54, 1.807) is 13.0 Å². The fourth-order valence-corrected chi connectivity index (χ4v) is 2.49. The maximum Gasteiger partial charge on any atom is 0.248 e. The molecular formula is C20H27N3O2. The molecule has 0 aliphatic heterocycles. The second-order valence-corrected chi connectivity index (χ2v) is 6.00. The van der Waals surface area contributed by atoms with Crippen molar-refractivity contribution in [1.82, 2.24) is 15.1 Å². The van der Waals surface area contributed by atoms with Gasteiger partial charge < -0.3 is 10.1 Å². The van der Waals surface area contributed by atoms with Crippen LogP contribution in [0.1, 0.15) is 31.0 Å². The Labute approximate surface area is 149 Å². The Morgan fingerprint density at radius 2 is 2.16 bits per heavy atom. The van der Waals surface area contributed by atoms with E-state index in [1.807, 2.05) is 41.9 Å². The van der Waals surface area contributed by atoms with Crippen LogP contribution < -0.4 is 5.32 Å². The summed E-state index contributed by atoms with van der Waals surface area (Å²) < 4.78 is 7.34. The summed E-state index contributed by atoms with van der Waals surface area (Å²) in [5.41, 5.74) is 3.28. The summed E-state index contributed by atoms with van der Waals surface area (Å²) >= 11 is 0. The molecular weight excluding hydrogens is 314 g/mol. The average Bonchev–Trinajstić information content (AvgIpc) is 3.00. The van der Waals surface area contributed by atoms with Gasteiger partial charge in [-0.2, -0.15) is 5.10 Å². The van der Waals surface area contributed by atoms with E-state index in [2.05, 4.69) is 23.2 Å². The molecule has 1 heterocycles.